The third-order valence-corrected chi connectivity index (χ3v) is 4.20. The van der Waals surface area contributed by atoms with Gasteiger partial charge in [0.25, 0.3) is 0 Å². The van der Waals surface area contributed by atoms with Crippen molar-refractivity contribution in [2.24, 2.45) is 0 Å². The van der Waals surface area contributed by atoms with Crippen molar-refractivity contribution in [2.45, 2.75) is 45.7 Å². The van der Waals surface area contributed by atoms with Gasteiger partial charge in [0.1, 0.15) is 6.07 Å². The second-order valence-corrected chi connectivity index (χ2v) is 5.96. The van der Waals surface area contributed by atoms with Crippen LogP contribution < -0.4 is 4.78 Å². The highest BCUT2D eigenvalue weighted by atomic mass is 32.1. The average molecular weight is 253 g/mol. The lowest BCUT2D eigenvalue weighted by atomic mass is 9.86. The fourth-order valence-corrected chi connectivity index (χ4v) is 2.22. The van der Waals surface area contributed by atoms with E-state index in [0.717, 1.165) is 11.3 Å². The largest absolute Gasteiger partial charge is 0.507 e. The Hall–Kier alpha value is -0.895. The Morgan fingerprint density at radius 3 is 2.41 bits per heavy atom. The smallest absolute Gasteiger partial charge is 0.399 e. The molecule has 2 heterocycles. The molecule has 4 nitrogen and oxygen atoms in total. The van der Waals surface area contributed by atoms with Crippen LogP contribution in [0.1, 0.15) is 42.5 Å². The minimum absolute atomic E-state index is 0.0980. The van der Waals surface area contributed by atoms with Gasteiger partial charge in [0.05, 0.1) is 16.0 Å². The lowest BCUT2D eigenvalue weighted by Gasteiger charge is -2.32. The molecule has 90 valence electrons. The Bertz CT molecular complexity index is 561. The molecule has 0 bridgehead atoms. The van der Waals surface area contributed by atoms with E-state index >= 15 is 0 Å². The van der Waals surface area contributed by atoms with Gasteiger partial charge in [-0.15, -0.1) is 11.3 Å². The van der Waals surface area contributed by atoms with Crippen molar-refractivity contribution in [3.63, 3.8) is 0 Å². The van der Waals surface area contributed by atoms with Crippen LogP contribution >= 0.6 is 11.3 Å². The lowest BCUT2D eigenvalue weighted by Crippen LogP contribution is -2.41. The Morgan fingerprint density at radius 2 is 1.94 bits per heavy atom. The molecule has 17 heavy (non-hydrogen) atoms. The van der Waals surface area contributed by atoms with Gasteiger partial charge in [-0.1, -0.05) is 0 Å². The number of hydrogen-bond acceptors (Lipinski definition) is 5. The number of nitrogens with zero attached hydrogens (tertiary/aromatic N) is 2. The lowest BCUT2D eigenvalue weighted by molar-refractivity contribution is 0.00578. The van der Waals surface area contributed by atoms with Crippen LogP contribution in [0.25, 0.3) is 0 Å². The van der Waals surface area contributed by atoms with Crippen molar-refractivity contribution >= 4 is 23.2 Å². The fraction of sp³-hybridized carbons (Fsp3) is 0.636. The van der Waals surface area contributed by atoms with E-state index in [-0.39, 0.29) is 10.7 Å². The normalized spacial score (nSPS) is 24.9. The van der Waals surface area contributed by atoms with Gasteiger partial charge >= 0.3 is 7.12 Å². The molecule has 0 unspecified atom stereocenters. The van der Waals surface area contributed by atoms with Crippen LogP contribution in [0.3, 0.4) is 0 Å². The van der Waals surface area contributed by atoms with Gasteiger partial charge in [-0.25, -0.2) is 4.98 Å². The van der Waals surface area contributed by atoms with E-state index in [2.05, 4.69) is 4.98 Å². The summed E-state index contributed by atoms with van der Waals surface area (Å²) in [7, 11) is -0.810. The highest BCUT2D eigenvalue weighted by Crippen LogP contribution is 2.37. The van der Waals surface area contributed by atoms with Gasteiger partial charge in [0, 0.05) is 9.81 Å². The van der Waals surface area contributed by atoms with Crippen LogP contribution in [0, 0.1) is 18.2 Å². The molecule has 1 aromatic heterocycles. The third-order valence-electron chi connectivity index (χ3n) is 3.22. The van der Waals surface area contributed by atoms with Crippen molar-refractivity contribution in [1.82, 2.24) is 4.98 Å². The zero-order valence-electron chi connectivity index (χ0n) is 13.2. The predicted octanol–water partition coefficient (Wildman–Crippen LogP) is 1.62. The number of hydrogen-bond donors (Lipinski definition) is 0. The summed E-state index contributed by atoms with van der Waals surface area (Å²) in [6.07, 6.45) is 0. The zero-order valence-corrected chi connectivity index (χ0v) is 11.0. The monoisotopic (exact) mass is 253 g/mol. The molecule has 0 amide bonds. The summed E-state index contributed by atoms with van der Waals surface area (Å²) in [6.45, 7) is 5.13. The molecule has 0 saturated carbocycles. The number of aryl methyl sites for hydroxylation is 1. The summed E-state index contributed by atoms with van der Waals surface area (Å²) < 4.78 is 34.6. The number of rotatable bonds is 1. The van der Waals surface area contributed by atoms with Crippen molar-refractivity contribution in [2.75, 3.05) is 0 Å². The van der Waals surface area contributed by atoms with E-state index in [9.17, 15) is 0 Å². The van der Waals surface area contributed by atoms with E-state index in [4.69, 9.17) is 18.7 Å². The summed E-state index contributed by atoms with van der Waals surface area (Å²) >= 11 is 1.00. The van der Waals surface area contributed by atoms with Crippen LogP contribution in [0.5, 0.6) is 0 Å². The molecule has 2 rings (SSSR count). The molecule has 0 aromatic carbocycles. The van der Waals surface area contributed by atoms with E-state index in [1.165, 1.54) is 0 Å². The molecule has 0 atom stereocenters. The molecule has 1 aliphatic heterocycles. The summed E-state index contributed by atoms with van der Waals surface area (Å²) in [6, 6.07) is 1.87. The second-order valence-electron chi connectivity index (χ2n) is 4.93. The Balaban J connectivity index is 2.45. The molecule has 0 aliphatic carbocycles. The van der Waals surface area contributed by atoms with Crippen LogP contribution in [0.2, 0.25) is 0 Å². The third kappa shape index (κ3) is 1.99. The van der Waals surface area contributed by atoms with Gasteiger partial charge in [0.15, 0.2) is 5.01 Å². The van der Waals surface area contributed by atoms with Crippen molar-refractivity contribution in [3.05, 3.63) is 10.7 Å². The van der Waals surface area contributed by atoms with Gasteiger partial charge < -0.3 is 9.31 Å². The first-order chi connectivity index (χ1) is 8.98. The van der Waals surface area contributed by atoms with Crippen molar-refractivity contribution < 1.29 is 13.4 Å². The first-order valence-corrected chi connectivity index (χ1v) is 6.06. The molecular weight excluding hydrogens is 235 g/mol. The van der Waals surface area contributed by atoms with Crippen molar-refractivity contribution in [1.29, 1.82) is 5.26 Å². The number of aromatic nitrogens is 1. The van der Waals surface area contributed by atoms with E-state index in [1.54, 1.807) is 0 Å². The summed E-state index contributed by atoms with van der Waals surface area (Å²) in [5.41, 5.74) is -1.25. The minimum Gasteiger partial charge on any atom is -0.399 e. The van der Waals surface area contributed by atoms with Crippen molar-refractivity contribution in [3.8, 4) is 6.07 Å². The first-order valence-electron chi connectivity index (χ1n) is 6.75. The van der Waals surface area contributed by atoms with Crippen LogP contribution in [0.15, 0.2) is 0 Å². The maximum atomic E-state index is 8.92. The maximum absolute atomic E-state index is 8.92. The summed E-state index contributed by atoms with van der Waals surface area (Å²) in [5, 5.41) is 9.02. The fourth-order valence-electron chi connectivity index (χ4n) is 1.49. The zero-order chi connectivity index (χ0) is 15.3. The topological polar surface area (TPSA) is 55.1 Å². The maximum Gasteiger partial charge on any atom is 0.507 e. The highest BCUT2D eigenvalue weighted by molar-refractivity contribution is 7.22. The predicted molar refractivity (Wildman–Crippen MR) is 67.3 cm³/mol. The van der Waals surface area contributed by atoms with Gasteiger partial charge in [-0.05, 0) is 34.5 Å². The second kappa shape index (κ2) is 3.80. The van der Waals surface area contributed by atoms with Gasteiger partial charge in [-0.3, -0.25) is 0 Å². The molecule has 0 spiro atoms. The molecule has 1 aromatic rings. The number of nitriles is 1. The molecule has 1 aliphatic rings. The van der Waals surface area contributed by atoms with Crippen LogP contribution in [-0.2, 0) is 9.31 Å². The molecule has 0 radical (unpaired) electrons. The Morgan fingerprint density at radius 1 is 1.35 bits per heavy atom. The molecule has 1 fully saturated rings. The van der Waals surface area contributed by atoms with E-state index in [0.29, 0.717) is 4.78 Å². The van der Waals surface area contributed by atoms with Crippen LogP contribution in [0.4, 0.5) is 0 Å². The number of thiazole rings is 1. The van der Waals surface area contributed by atoms with Gasteiger partial charge in [-0.2, -0.15) is 5.26 Å². The van der Waals surface area contributed by atoms with E-state index in [1.807, 2.05) is 33.8 Å². The summed E-state index contributed by atoms with van der Waals surface area (Å²) in [5.74, 6) is 0. The highest BCUT2D eigenvalue weighted by Gasteiger charge is 2.52. The Kier molecular flexibility index (Phi) is 2.03. The quantitative estimate of drug-likeness (QED) is 0.713. The standard InChI is InChI=1S/C11H15BN2O2S/c1-7-9(17-8(6-13)14-7)12-15-10(2,3)11(4,5)16-12/h1-5H3/i1D3. The molecule has 6 heteroatoms. The average Bonchev–Trinajstić information content (AvgIpc) is 2.78. The minimum atomic E-state index is -2.40. The Labute approximate surface area is 110 Å². The van der Waals surface area contributed by atoms with Gasteiger partial charge in [0.2, 0.25) is 0 Å². The van der Waals surface area contributed by atoms with Crippen LogP contribution in [-0.4, -0.2) is 23.3 Å². The first kappa shape index (κ1) is 9.09. The molecule has 1 saturated heterocycles. The SMILES string of the molecule is [2H]C([2H])([2H])c1nc(C#N)sc1B1OC(C)(C)C(C)(C)O1. The van der Waals surface area contributed by atoms with E-state index < -0.39 is 25.2 Å². The molecule has 0 N–H and O–H groups in total. The summed E-state index contributed by atoms with van der Waals surface area (Å²) in [4.78, 5) is 3.87. The molecular formula is C11H15BN2O2S.